The summed E-state index contributed by atoms with van der Waals surface area (Å²) in [5.41, 5.74) is 5.65. The third kappa shape index (κ3) is 2.69. The molecule has 1 N–H and O–H groups in total. The van der Waals surface area contributed by atoms with E-state index in [9.17, 15) is 4.79 Å². The molecule has 0 aliphatic heterocycles. The number of aryl methyl sites for hydroxylation is 3. The van der Waals surface area contributed by atoms with Gasteiger partial charge in [0, 0.05) is 12.1 Å². The fourth-order valence-electron chi connectivity index (χ4n) is 3.04. The number of aromatic nitrogens is 4. The van der Waals surface area contributed by atoms with Gasteiger partial charge in [-0.3, -0.25) is 10.1 Å². The van der Waals surface area contributed by atoms with Gasteiger partial charge in [0.25, 0.3) is 5.91 Å². The van der Waals surface area contributed by atoms with Crippen LogP contribution in [0.15, 0.2) is 42.5 Å². The van der Waals surface area contributed by atoms with Crippen molar-refractivity contribution in [1.82, 2.24) is 19.5 Å². The van der Waals surface area contributed by atoms with Crippen molar-refractivity contribution in [3.05, 3.63) is 59.4 Å². The van der Waals surface area contributed by atoms with Crippen LogP contribution in [0.3, 0.4) is 0 Å². The molecule has 0 aliphatic carbocycles. The van der Waals surface area contributed by atoms with Crippen molar-refractivity contribution in [3.8, 4) is 0 Å². The van der Waals surface area contributed by atoms with Gasteiger partial charge >= 0.3 is 0 Å². The molecule has 1 amide bonds. The second-order valence-electron chi connectivity index (χ2n) is 6.22. The molecule has 6 nitrogen and oxygen atoms in total. The number of benzene rings is 2. The van der Waals surface area contributed by atoms with Crippen molar-refractivity contribution >= 4 is 33.9 Å². The predicted octanol–water partition coefficient (Wildman–Crippen LogP) is 3.87. The maximum Gasteiger partial charge on any atom is 0.258 e. The minimum atomic E-state index is -0.211. The number of rotatable bonds is 3. The molecule has 0 atom stereocenters. The minimum Gasteiger partial charge on any atom is -0.310 e. The van der Waals surface area contributed by atoms with Gasteiger partial charge in [-0.05, 0) is 51.1 Å². The van der Waals surface area contributed by atoms with Crippen molar-refractivity contribution < 1.29 is 4.79 Å². The molecular weight excluding hydrogens is 326 g/mol. The van der Waals surface area contributed by atoms with Gasteiger partial charge in [-0.15, -0.1) is 0 Å². The summed E-state index contributed by atoms with van der Waals surface area (Å²) in [6.07, 6.45) is 0. The molecule has 0 fully saturated rings. The molecule has 4 rings (SSSR count). The van der Waals surface area contributed by atoms with Crippen LogP contribution in [0.4, 0.5) is 5.95 Å². The fourth-order valence-corrected chi connectivity index (χ4v) is 3.04. The molecule has 0 bridgehead atoms. The highest BCUT2D eigenvalue weighted by Gasteiger charge is 2.14. The molecule has 4 aromatic rings. The lowest BCUT2D eigenvalue weighted by atomic mass is 10.1. The Bertz CT molecular complexity index is 1150. The van der Waals surface area contributed by atoms with Gasteiger partial charge in [0.2, 0.25) is 5.95 Å². The van der Waals surface area contributed by atoms with E-state index in [1.807, 2.05) is 55.7 Å². The second kappa shape index (κ2) is 6.22. The zero-order valence-electron chi connectivity index (χ0n) is 14.9. The van der Waals surface area contributed by atoms with Crippen molar-refractivity contribution in [3.63, 3.8) is 0 Å². The number of imidazole rings is 1. The largest absolute Gasteiger partial charge is 0.310 e. The van der Waals surface area contributed by atoms with Gasteiger partial charge < -0.3 is 4.57 Å². The van der Waals surface area contributed by atoms with E-state index in [0.717, 1.165) is 34.5 Å². The topological polar surface area (TPSA) is 72.7 Å². The summed E-state index contributed by atoms with van der Waals surface area (Å²) in [6.45, 7) is 6.59. The zero-order chi connectivity index (χ0) is 18.3. The first kappa shape index (κ1) is 16.2. The lowest BCUT2D eigenvalue weighted by molar-refractivity contribution is 0.102. The molecule has 2 aromatic heterocycles. The molecule has 2 heterocycles. The number of carbonyl (C=O) groups excluding carboxylic acids is 1. The van der Waals surface area contributed by atoms with E-state index in [-0.39, 0.29) is 5.91 Å². The maximum absolute atomic E-state index is 12.7. The summed E-state index contributed by atoms with van der Waals surface area (Å²) in [5.74, 6) is 0.335. The van der Waals surface area contributed by atoms with Crippen LogP contribution in [-0.4, -0.2) is 25.4 Å². The van der Waals surface area contributed by atoms with Crippen molar-refractivity contribution in [2.24, 2.45) is 0 Å². The fraction of sp³-hybridized carbons (Fsp3) is 0.200. The molecule has 26 heavy (non-hydrogen) atoms. The molecule has 0 spiro atoms. The quantitative estimate of drug-likeness (QED) is 0.612. The van der Waals surface area contributed by atoms with E-state index in [2.05, 4.69) is 20.3 Å². The Morgan fingerprint density at radius 3 is 2.46 bits per heavy atom. The molecular formula is C20H19N5O. The Kier molecular flexibility index (Phi) is 3.88. The van der Waals surface area contributed by atoms with Gasteiger partial charge in [0.1, 0.15) is 0 Å². The van der Waals surface area contributed by atoms with Crippen LogP contribution in [-0.2, 0) is 6.54 Å². The van der Waals surface area contributed by atoms with Crippen molar-refractivity contribution in [2.75, 3.05) is 5.32 Å². The summed E-state index contributed by atoms with van der Waals surface area (Å²) in [6, 6.07) is 13.2. The Labute approximate surface area is 150 Å². The SMILES string of the molecule is CCn1c(NC(=O)c2ccc3nc(C)c(C)nc3c2)nc2ccccc21. The average Bonchev–Trinajstić information content (AvgIpc) is 2.99. The van der Waals surface area contributed by atoms with Crippen LogP contribution < -0.4 is 5.32 Å². The van der Waals surface area contributed by atoms with Crippen molar-refractivity contribution in [2.45, 2.75) is 27.3 Å². The highest BCUT2D eigenvalue weighted by molar-refractivity contribution is 6.05. The number of carbonyl (C=O) groups is 1. The number of nitrogens with zero attached hydrogens (tertiary/aromatic N) is 4. The maximum atomic E-state index is 12.7. The lowest BCUT2D eigenvalue weighted by Crippen LogP contribution is -2.16. The van der Waals surface area contributed by atoms with Gasteiger partial charge in [-0.1, -0.05) is 12.1 Å². The van der Waals surface area contributed by atoms with Gasteiger partial charge in [0.15, 0.2) is 0 Å². The van der Waals surface area contributed by atoms with E-state index < -0.39 is 0 Å². The monoisotopic (exact) mass is 345 g/mol. The lowest BCUT2D eigenvalue weighted by Gasteiger charge is -2.08. The number of fused-ring (bicyclic) bond motifs is 2. The summed E-state index contributed by atoms with van der Waals surface area (Å²) in [5, 5.41) is 2.92. The molecule has 2 aromatic carbocycles. The smallest absolute Gasteiger partial charge is 0.258 e. The van der Waals surface area contributed by atoms with Crippen LogP contribution >= 0.6 is 0 Å². The highest BCUT2D eigenvalue weighted by Crippen LogP contribution is 2.21. The molecule has 6 heteroatoms. The predicted molar refractivity (Wildman–Crippen MR) is 102 cm³/mol. The zero-order valence-corrected chi connectivity index (χ0v) is 14.9. The van der Waals surface area contributed by atoms with Gasteiger partial charge in [0.05, 0.1) is 33.5 Å². The van der Waals surface area contributed by atoms with Crippen molar-refractivity contribution in [1.29, 1.82) is 0 Å². The molecule has 0 unspecified atom stereocenters. The number of hydrogen-bond donors (Lipinski definition) is 1. The van der Waals surface area contributed by atoms with Gasteiger partial charge in [-0.25, -0.2) is 15.0 Å². The van der Waals surface area contributed by atoms with E-state index in [0.29, 0.717) is 17.0 Å². The number of amides is 1. The van der Waals surface area contributed by atoms with E-state index in [1.165, 1.54) is 0 Å². The summed E-state index contributed by atoms with van der Waals surface area (Å²) in [4.78, 5) is 26.3. The molecule has 0 radical (unpaired) electrons. The minimum absolute atomic E-state index is 0.211. The average molecular weight is 345 g/mol. The third-order valence-electron chi connectivity index (χ3n) is 4.53. The summed E-state index contributed by atoms with van der Waals surface area (Å²) in [7, 11) is 0. The van der Waals surface area contributed by atoms with E-state index in [1.54, 1.807) is 12.1 Å². The van der Waals surface area contributed by atoms with Crippen LogP contribution in [0.5, 0.6) is 0 Å². The Morgan fingerprint density at radius 2 is 1.69 bits per heavy atom. The van der Waals surface area contributed by atoms with Crippen LogP contribution in [0, 0.1) is 13.8 Å². The van der Waals surface area contributed by atoms with Gasteiger partial charge in [-0.2, -0.15) is 0 Å². The standard InChI is InChI=1S/C20H19N5O/c1-4-25-18-8-6-5-7-16(18)23-20(25)24-19(26)14-9-10-15-17(11-14)22-13(3)12(2)21-15/h5-11H,4H2,1-3H3,(H,23,24,26). The van der Waals surface area contributed by atoms with Crippen LogP contribution in [0.1, 0.15) is 28.7 Å². The van der Waals surface area contributed by atoms with Crippen LogP contribution in [0.2, 0.25) is 0 Å². The summed E-state index contributed by atoms with van der Waals surface area (Å²) >= 11 is 0. The normalized spacial score (nSPS) is 11.2. The number of para-hydroxylation sites is 2. The first-order valence-corrected chi connectivity index (χ1v) is 8.58. The highest BCUT2D eigenvalue weighted by atomic mass is 16.1. The number of hydrogen-bond acceptors (Lipinski definition) is 4. The Morgan fingerprint density at radius 1 is 0.962 bits per heavy atom. The number of nitrogens with one attached hydrogen (secondary N) is 1. The first-order valence-electron chi connectivity index (χ1n) is 8.58. The van der Waals surface area contributed by atoms with E-state index >= 15 is 0 Å². The summed E-state index contributed by atoms with van der Waals surface area (Å²) < 4.78 is 1.99. The van der Waals surface area contributed by atoms with Crippen LogP contribution in [0.25, 0.3) is 22.1 Å². The Hall–Kier alpha value is -3.28. The third-order valence-corrected chi connectivity index (χ3v) is 4.53. The second-order valence-corrected chi connectivity index (χ2v) is 6.22. The molecule has 130 valence electrons. The van der Waals surface area contributed by atoms with E-state index in [4.69, 9.17) is 0 Å². The number of anilines is 1. The molecule has 0 aliphatic rings. The molecule has 0 saturated carbocycles. The molecule has 0 saturated heterocycles. The Balaban J connectivity index is 1.70. The first-order chi connectivity index (χ1) is 12.6.